The van der Waals surface area contributed by atoms with E-state index < -0.39 is 0 Å². The van der Waals surface area contributed by atoms with E-state index >= 15 is 0 Å². The van der Waals surface area contributed by atoms with Gasteiger partial charge in [-0.1, -0.05) is 12.1 Å². The maximum atomic E-state index is 12.5. The normalized spacial score (nSPS) is 17.5. The molecule has 4 rings (SSSR count). The van der Waals surface area contributed by atoms with Crippen LogP contribution in [0.4, 0.5) is 0 Å². The number of rotatable bonds is 4. The summed E-state index contributed by atoms with van der Waals surface area (Å²) < 4.78 is 0. The molecule has 2 amide bonds. The molecule has 1 saturated carbocycles. The fraction of sp³-hybridized carbons (Fsp3) is 0.474. The highest BCUT2D eigenvalue weighted by Gasteiger charge is 2.35. The van der Waals surface area contributed by atoms with Gasteiger partial charge in [0.2, 0.25) is 11.8 Å². The standard InChI is InChI=1S/C19H22N4O3/c24-17(22-9-11-23(12-10-22)19(26)13-5-6-13)8-7-16-18(25)21-15-4-2-1-3-14(15)20-16/h1-4,13H,5-12H2,(H,21,25). The molecule has 2 aromatic rings. The summed E-state index contributed by atoms with van der Waals surface area (Å²) in [4.78, 5) is 47.5. The Kier molecular flexibility index (Phi) is 4.44. The second kappa shape index (κ2) is 6.90. The van der Waals surface area contributed by atoms with Gasteiger partial charge in [-0.15, -0.1) is 0 Å². The van der Waals surface area contributed by atoms with Gasteiger partial charge in [-0.2, -0.15) is 0 Å². The van der Waals surface area contributed by atoms with E-state index in [1.807, 2.05) is 23.1 Å². The first kappa shape index (κ1) is 16.8. The third-order valence-electron chi connectivity index (χ3n) is 5.12. The molecular formula is C19H22N4O3. The SMILES string of the molecule is O=C(CCc1nc2ccccc2[nH]c1=O)N1CCN(C(=O)C2CC2)CC1. The predicted octanol–water partition coefficient (Wildman–Crippen LogP) is 0.936. The van der Waals surface area contributed by atoms with Crippen molar-refractivity contribution in [3.63, 3.8) is 0 Å². The van der Waals surface area contributed by atoms with Crippen molar-refractivity contribution in [2.75, 3.05) is 26.2 Å². The molecule has 1 N–H and O–H groups in total. The van der Waals surface area contributed by atoms with Crippen molar-refractivity contribution in [2.24, 2.45) is 5.92 Å². The average molecular weight is 354 g/mol. The highest BCUT2D eigenvalue weighted by Crippen LogP contribution is 2.31. The predicted molar refractivity (Wildman–Crippen MR) is 96.6 cm³/mol. The number of piperazine rings is 1. The largest absolute Gasteiger partial charge is 0.339 e. The monoisotopic (exact) mass is 354 g/mol. The number of aromatic nitrogens is 2. The third-order valence-corrected chi connectivity index (χ3v) is 5.12. The number of fused-ring (bicyclic) bond motifs is 1. The molecule has 0 bridgehead atoms. The van der Waals surface area contributed by atoms with E-state index in [0.29, 0.717) is 43.8 Å². The van der Waals surface area contributed by atoms with Crippen LogP contribution in [0.1, 0.15) is 25.0 Å². The Morgan fingerprint density at radius 1 is 1.08 bits per heavy atom. The van der Waals surface area contributed by atoms with Crippen molar-refractivity contribution < 1.29 is 9.59 Å². The summed E-state index contributed by atoms with van der Waals surface area (Å²) in [5.41, 5.74) is 1.57. The van der Waals surface area contributed by atoms with Gasteiger partial charge in [0.05, 0.1) is 11.0 Å². The van der Waals surface area contributed by atoms with Crippen LogP contribution in [0.5, 0.6) is 0 Å². The molecule has 1 aliphatic heterocycles. The molecule has 2 aliphatic rings. The quantitative estimate of drug-likeness (QED) is 0.885. The lowest BCUT2D eigenvalue weighted by Gasteiger charge is -2.35. The summed E-state index contributed by atoms with van der Waals surface area (Å²) in [6.45, 7) is 2.35. The molecule has 136 valence electrons. The zero-order chi connectivity index (χ0) is 18.1. The first-order valence-corrected chi connectivity index (χ1v) is 9.16. The van der Waals surface area contributed by atoms with Crippen LogP contribution in [-0.4, -0.2) is 57.8 Å². The van der Waals surface area contributed by atoms with Crippen LogP contribution in [-0.2, 0) is 16.0 Å². The van der Waals surface area contributed by atoms with Gasteiger partial charge < -0.3 is 14.8 Å². The fourth-order valence-electron chi connectivity index (χ4n) is 3.39. The maximum absolute atomic E-state index is 12.5. The molecule has 26 heavy (non-hydrogen) atoms. The minimum absolute atomic E-state index is 0.0119. The molecule has 0 radical (unpaired) electrons. The number of nitrogens with one attached hydrogen (secondary N) is 1. The summed E-state index contributed by atoms with van der Waals surface area (Å²) in [6, 6.07) is 7.36. The molecule has 7 nitrogen and oxygen atoms in total. The summed E-state index contributed by atoms with van der Waals surface area (Å²) in [5, 5.41) is 0. The number of nitrogens with zero attached hydrogens (tertiary/aromatic N) is 3. The molecule has 0 atom stereocenters. The van der Waals surface area contributed by atoms with Gasteiger partial charge in [0.1, 0.15) is 5.69 Å². The van der Waals surface area contributed by atoms with E-state index in [9.17, 15) is 14.4 Å². The van der Waals surface area contributed by atoms with Crippen LogP contribution in [0.25, 0.3) is 11.0 Å². The van der Waals surface area contributed by atoms with Crippen molar-refractivity contribution in [3.05, 3.63) is 40.3 Å². The van der Waals surface area contributed by atoms with Crippen LogP contribution in [0, 0.1) is 5.92 Å². The lowest BCUT2D eigenvalue weighted by molar-refractivity contribution is -0.140. The average Bonchev–Trinajstić information content (AvgIpc) is 3.51. The van der Waals surface area contributed by atoms with Crippen molar-refractivity contribution >= 4 is 22.8 Å². The van der Waals surface area contributed by atoms with E-state index in [2.05, 4.69) is 9.97 Å². The Bertz CT molecular complexity index is 895. The van der Waals surface area contributed by atoms with E-state index in [1.54, 1.807) is 11.0 Å². The second-order valence-electron chi connectivity index (χ2n) is 7.01. The van der Waals surface area contributed by atoms with Crippen LogP contribution in [0.2, 0.25) is 0 Å². The minimum atomic E-state index is -0.239. The number of para-hydroxylation sites is 2. The maximum Gasteiger partial charge on any atom is 0.270 e. The Hall–Kier alpha value is -2.70. The second-order valence-corrected chi connectivity index (χ2v) is 7.01. The van der Waals surface area contributed by atoms with E-state index in [4.69, 9.17) is 0 Å². The number of carbonyl (C=O) groups is 2. The van der Waals surface area contributed by atoms with Gasteiger partial charge in [-0.05, 0) is 25.0 Å². The molecule has 2 heterocycles. The number of benzene rings is 1. The number of carbonyl (C=O) groups excluding carboxylic acids is 2. The number of aryl methyl sites for hydroxylation is 1. The topological polar surface area (TPSA) is 86.4 Å². The number of aromatic amines is 1. The van der Waals surface area contributed by atoms with Gasteiger partial charge in [-0.25, -0.2) is 4.98 Å². The molecule has 7 heteroatoms. The molecule has 0 unspecified atom stereocenters. The van der Waals surface area contributed by atoms with Crippen LogP contribution < -0.4 is 5.56 Å². The van der Waals surface area contributed by atoms with Crippen LogP contribution >= 0.6 is 0 Å². The van der Waals surface area contributed by atoms with Gasteiger partial charge in [0, 0.05) is 44.9 Å². The highest BCUT2D eigenvalue weighted by molar-refractivity contribution is 5.82. The summed E-state index contributed by atoms with van der Waals surface area (Å²) in [7, 11) is 0. The summed E-state index contributed by atoms with van der Waals surface area (Å²) in [6.07, 6.45) is 2.59. The molecule has 1 aliphatic carbocycles. The Labute approximate surface area is 151 Å². The Morgan fingerprint density at radius 2 is 1.77 bits per heavy atom. The third kappa shape index (κ3) is 3.47. The van der Waals surface area contributed by atoms with E-state index in [1.165, 1.54) is 0 Å². The molecule has 1 saturated heterocycles. The van der Waals surface area contributed by atoms with Crippen molar-refractivity contribution in [2.45, 2.75) is 25.7 Å². The van der Waals surface area contributed by atoms with E-state index in [-0.39, 0.29) is 29.7 Å². The van der Waals surface area contributed by atoms with Crippen molar-refractivity contribution in [1.82, 2.24) is 19.8 Å². The van der Waals surface area contributed by atoms with Gasteiger partial charge in [0.25, 0.3) is 5.56 Å². The Morgan fingerprint density at radius 3 is 2.50 bits per heavy atom. The van der Waals surface area contributed by atoms with Crippen molar-refractivity contribution in [3.8, 4) is 0 Å². The van der Waals surface area contributed by atoms with E-state index in [0.717, 1.165) is 18.4 Å². The van der Waals surface area contributed by atoms with Gasteiger partial charge in [-0.3, -0.25) is 14.4 Å². The van der Waals surface area contributed by atoms with Crippen LogP contribution in [0.3, 0.4) is 0 Å². The van der Waals surface area contributed by atoms with Gasteiger partial charge >= 0.3 is 0 Å². The molecule has 0 spiro atoms. The first-order chi connectivity index (χ1) is 12.6. The zero-order valence-corrected chi connectivity index (χ0v) is 14.6. The lowest BCUT2D eigenvalue weighted by Crippen LogP contribution is -2.51. The zero-order valence-electron chi connectivity index (χ0n) is 14.6. The summed E-state index contributed by atoms with van der Waals surface area (Å²) in [5.74, 6) is 0.477. The van der Waals surface area contributed by atoms with Crippen LogP contribution in [0.15, 0.2) is 29.1 Å². The molecule has 1 aromatic heterocycles. The molecule has 2 fully saturated rings. The molecular weight excluding hydrogens is 332 g/mol. The number of H-pyrrole nitrogens is 1. The minimum Gasteiger partial charge on any atom is -0.339 e. The highest BCUT2D eigenvalue weighted by atomic mass is 16.2. The summed E-state index contributed by atoms with van der Waals surface area (Å²) >= 11 is 0. The number of amides is 2. The fourth-order valence-corrected chi connectivity index (χ4v) is 3.39. The first-order valence-electron chi connectivity index (χ1n) is 9.16. The number of hydrogen-bond acceptors (Lipinski definition) is 4. The van der Waals surface area contributed by atoms with Crippen molar-refractivity contribution in [1.29, 1.82) is 0 Å². The smallest absolute Gasteiger partial charge is 0.270 e. The number of hydrogen-bond donors (Lipinski definition) is 1. The van der Waals surface area contributed by atoms with Gasteiger partial charge in [0.15, 0.2) is 0 Å². The molecule has 1 aromatic carbocycles. The Balaban J connectivity index is 1.33. The lowest BCUT2D eigenvalue weighted by atomic mass is 10.2.